The van der Waals surface area contributed by atoms with E-state index < -0.39 is 6.10 Å². The van der Waals surface area contributed by atoms with Gasteiger partial charge in [0, 0.05) is 19.2 Å². The molecule has 1 aromatic carbocycles. The maximum atomic E-state index is 10.6. The van der Waals surface area contributed by atoms with Gasteiger partial charge in [0.05, 0.1) is 11.8 Å². The van der Waals surface area contributed by atoms with E-state index in [1.807, 2.05) is 24.7 Å². The van der Waals surface area contributed by atoms with Gasteiger partial charge in [0.15, 0.2) is 0 Å². The van der Waals surface area contributed by atoms with Crippen molar-refractivity contribution in [1.82, 2.24) is 9.78 Å². The van der Waals surface area contributed by atoms with Gasteiger partial charge in [-0.1, -0.05) is 30.7 Å². The molecule has 1 aliphatic rings. The largest absolute Gasteiger partial charge is 0.388 e. The van der Waals surface area contributed by atoms with Crippen LogP contribution in [0.25, 0.3) is 0 Å². The van der Waals surface area contributed by atoms with E-state index >= 15 is 0 Å². The number of benzene rings is 1. The Kier molecular flexibility index (Phi) is 3.85. The molecule has 0 saturated heterocycles. The topological polar surface area (TPSA) is 38.0 Å². The lowest BCUT2D eigenvalue weighted by Gasteiger charge is -2.26. The van der Waals surface area contributed by atoms with Crippen LogP contribution in [0.15, 0.2) is 24.3 Å². The zero-order chi connectivity index (χ0) is 15.0. The Hall–Kier alpha value is -1.61. The van der Waals surface area contributed by atoms with Gasteiger partial charge in [-0.2, -0.15) is 5.10 Å². The number of rotatable bonds is 4. The third kappa shape index (κ3) is 2.75. The Morgan fingerprint density at radius 2 is 2.10 bits per heavy atom. The maximum Gasteiger partial charge on any atom is 0.0831 e. The van der Waals surface area contributed by atoms with Gasteiger partial charge in [0.1, 0.15) is 0 Å². The van der Waals surface area contributed by atoms with Gasteiger partial charge in [-0.3, -0.25) is 4.68 Å². The van der Waals surface area contributed by atoms with E-state index in [4.69, 9.17) is 0 Å². The van der Waals surface area contributed by atoms with Crippen molar-refractivity contribution in [3.63, 3.8) is 0 Å². The van der Waals surface area contributed by atoms with Gasteiger partial charge in [-0.25, -0.2) is 0 Å². The van der Waals surface area contributed by atoms with Crippen LogP contribution in [0, 0.1) is 13.8 Å². The molecule has 1 N–H and O–H groups in total. The van der Waals surface area contributed by atoms with Gasteiger partial charge < -0.3 is 5.11 Å². The number of hydrogen-bond acceptors (Lipinski definition) is 2. The normalized spacial score (nSPS) is 16.8. The Balaban J connectivity index is 1.80. The van der Waals surface area contributed by atoms with Crippen molar-refractivity contribution >= 4 is 0 Å². The van der Waals surface area contributed by atoms with Gasteiger partial charge >= 0.3 is 0 Å². The lowest BCUT2D eigenvalue weighted by Crippen LogP contribution is -2.10. The van der Waals surface area contributed by atoms with E-state index in [9.17, 15) is 5.11 Å². The highest BCUT2D eigenvalue weighted by Gasteiger charge is 2.21. The molecule has 1 fully saturated rings. The van der Waals surface area contributed by atoms with Crippen LogP contribution >= 0.6 is 0 Å². The third-order valence-corrected chi connectivity index (χ3v) is 4.93. The summed E-state index contributed by atoms with van der Waals surface area (Å²) < 4.78 is 1.89. The number of aliphatic hydroxyl groups is 1. The predicted molar refractivity (Wildman–Crippen MR) is 84.4 cm³/mol. The number of hydrogen-bond donors (Lipinski definition) is 1. The van der Waals surface area contributed by atoms with Gasteiger partial charge in [-0.15, -0.1) is 0 Å². The van der Waals surface area contributed by atoms with Gasteiger partial charge in [0.25, 0.3) is 0 Å². The summed E-state index contributed by atoms with van der Waals surface area (Å²) in [5.74, 6) is 0.707. The molecule has 0 spiro atoms. The fourth-order valence-corrected chi connectivity index (χ4v) is 3.19. The average Bonchev–Trinajstić information content (AvgIpc) is 2.64. The van der Waals surface area contributed by atoms with Crippen molar-refractivity contribution in [2.45, 2.75) is 51.6 Å². The van der Waals surface area contributed by atoms with Crippen molar-refractivity contribution in [2.75, 3.05) is 0 Å². The molecule has 0 bridgehead atoms. The fraction of sp³-hybridized carbons (Fsp3) is 0.500. The molecule has 1 saturated carbocycles. The Bertz CT molecular complexity index is 641. The van der Waals surface area contributed by atoms with Crippen molar-refractivity contribution < 1.29 is 5.11 Å². The minimum Gasteiger partial charge on any atom is -0.388 e. The first-order chi connectivity index (χ1) is 10.1. The third-order valence-electron chi connectivity index (χ3n) is 4.93. The fourth-order valence-electron chi connectivity index (χ4n) is 3.19. The van der Waals surface area contributed by atoms with Gasteiger partial charge in [-0.05, 0) is 49.3 Å². The van der Waals surface area contributed by atoms with E-state index in [2.05, 4.69) is 30.2 Å². The van der Waals surface area contributed by atoms with Crippen molar-refractivity contribution in [3.05, 3.63) is 52.3 Å². The molecule has 21 heavy (non-hydrogen) atoms. The standard InChI is InChI=1S/C18H24N2O/c1-12-17(13(2)20(3)19-12)11-18(21)16-9-5-8-15(10-16)14-6-4-7-14/h5,8-10,14,18,21H,4,6-7,11H2,1-3H3. The summed E-state index contributed by atoms with van der Waals surface area (Å²) in [7, 11) is 1.95. The summed E-state index contributed by atoms with van der Waals surface area (Å²) >= 11 is 0. The molecule has 0 amide bonds. The predicted octanol–water partition coefficient (Wildman–Crippen LogP) is 3.58. The molecule has 0 radical (unpaired) electrons. The number of aliphatic hydroxyl groups excluding tert-OH is 1. The highest BCUT2D eigenvalue weighted by Crippen LogP contribution is 2.37. The van der Waals surface area contributed by atoms with E-state index in [1.165, 1.54) is 30.4 Å². The Morgan fingerprint density at radius 3 is 2.67 bits per heavy atom. The molecule has 1 atom stereocenters. The van der Waals surface area contributed by atoms with Crippen LogP contribution < -0.4 is 0 Å². The summed E-state index contributed by atoms with van der Waals surface area (Å²) in [6.07, 6.45) is 4.11. The zero-order valence-corrected chi connectivity index (χ0v) is 13.1. The van der Waals surface area contributed by atoms with E-state index in [0.717, 1.165) is 17.0 Å². The lowest BCUT2D eigenvalue weighted by atomic mass is 9.79. The lowest BCUT2D eigenvalue weighted by molar-refractivity contribution is 0.178. The monoisotopic (exact) mass is 284 g/mol. The minimum atomic E-state index is -0.452. The quantitative estimate of drug-likeness (QED) is 0.932. The molecule has 3 rings (SSSR count). The highest BCUT2D eigenvalue weighted by molar-refractivity contribution is 5.32. The SMILES string of the molecule is Cc1nn(C)c(C)c1CC(O)c1cccc(C2CCC2)c1. The molecule has 0 aliphatic heterocycles. The first-order valence-corrected chi connectivity index (χ1v) is 7.83. The van der Waals surface area contributed by atoms with E-state index in [1.54, 1.807) is 0 Å². The molecular weight excluding hydrogens is 260 g/mol. The first kappa shape index (κ1) is 14.3. The number of nitrogens with zero attached hydrogens (tertiary/aromatic N) is 2. The van der Waals surface area contributed by atoms with Crippen LogP contribution in [0.1, 0.15) is 59.4 Å². The van der Waals surface area contributed by atoms with Crippen molar-refractivity contribution in [3.8, 4) is 0 Å². The van der Waals surface area contributed by atoms with Crippen molar-refractivity contribution in [2.24, 2.45) is 7.05 Å². The number of aromatic nitrogens is 2. The minimum absolute atomic E-state index is 0.452. The van der Waals surface area contributed by atoms with Crippen LogP contribution in [0.5, 0.6) is 0 Å². The van der Waals surface area contributed by atoms with Crippen molar-refractivity contribution in [1.29, 1.82) is 0 Å². The summed E-state index contributed by atoms with van der Waals surface area (Å²) in [6, 6.07) is 8.50. The second-order valence-electron chi connectivity index (χ2n) is 6.29. The maximum absolute atomic E-state index is 10.6. The summed E-state index contributed by atoms with van der Waals surface area (Å²) in [5, 5.41) is 15.0. The Morgan fingerprint density at radius 1 is 1.33 bits per heavy atom. The highest BCUT2D eigenvalue weighted by atomic mass is 16.3. The molecule has 1 unspecified atom stereocenters. The molecule has 1 heterocycles. The Labute approximate surface area is 126 Å². The smallest absolute Gasteiger partial charge is 0.0831 e. The zero-order valence-electron chi connectivity index (χ0n) is 13.1. The summed E-state index contributed by atoms with van der Waals surface area (Å²) in [6.45, 7) is 4.08. The van der Waals surface area contributed by atoms with Crippen LogP contribution in [0.2, 0.25) is 0 Å². The van der Waals surface area contributed by atoms with E-state index in [-0.39, 0.29) is 0 Å². The summed E-state index contributed by atoms with van der Waals surface area (Å²) in [4.78, 5) is 0. The second kappa shape index (κ2) is 5.64. The van der Waals surface area contributed by atoms with Crippen LogP contribution in [0.4, 0.5) is 0 Å². The molecular formula is C18H24N2O. The molecule has 1 aromatic heterocycles. The molecule has 2 aromatic rings. The molecule has 1 aliphatic carbocycles. The van der Waals surface area contributed by atoms with E-state index in [0.29, 0.717) is 12.3 Å². The summed E-state index contributed by atoms with van der Waals surface area (Å²) in [5.41, 5.74) is 5.74. The second-order valence-corrected chi connectivity index (χ2v) is 6.29. The molecule has 3 heteroatoms. The van der Waals surface area contributed by atoms with Crippen LogP contribution in [0.3, 0.4) is 0 Å². The number of aryl methyl sites for hydroxylation is 2. The average molecular weight is 284 g/mol. The van der Waals surface area contributed by atoms with Crippen LogP contribution in [-0.4, -0.2) is 14.9 Å². The molecule has 3 nitrogen and oxygen atoms in total. The molecule has 112 valence electrons. The van der Waals surface area contributed by atoms with Gasteiger partial charge in [0.2, 0.25) is 0 Å². The first-order valence-electron chi connectivity index (χ1n) is 7.83. The van der Waals surface area contributed by atoms with Crippen LogP contribution in [-0.2, 0) is 13.5 Å².